The van der Waals surface area contributed by atoms with Gasteiger partial charge in [0, 0.05) is 24.3 Å². The van der Waals surface area contributed by atoms with E-state index in [0.29, 0.717) is 12.1 Å². The second-order valence-electron chi connectivity index (χ2n) is 3.82. The van der Waals surface area contributed by atoms with Gasteiger partial charge in [0.15, 0.2) is 0 Å². The first-order chi connectivity index (χ1) is 7.57. The molecule has 1 aromatic heterocycles. The van der Waals surface area contributed by atoms with E-state index in [1.165, 1.54) is 0 Å². The van der Waals surface area contributed by atoms with E-state index in [1.54, 1.807) is 18.5 Å². The van der Waals surface area contributed by atoms with E-state index in [1.807, 2.05) is 18.7 Å². The zero-order chi connectivity index (χ0) is 12.1. The van der Waals surface area contributed by atoms with Crippen LogP contribution in [-0.4, -0.2) is 35.1 Å². The van der Waals surface area contributed by atoms with Crippen LogP contribution in [0.5, 0.6) is 0 Å². The van der Waals surface area contributed by atoms with Crippen molar-refractivity contribution in [3.8, 4) is 0 Å². The third kappa shape index (κ3) is 2.70. The molecule has 4 N–H and O–H groups in total. The molecule has 0 aliphatic rings. The summed E-state index contributed by atoms with van der Waals surface area (Å²) in [5.74, 6) is 0.0148. The largest absolute Gasteiger partial charge is 0.395 e. The van der Waals surface area contributed by atoms with Crippen molar-refractivity contribution in [1.82, 2.24) is 4.98 Å². The Morgan fingerprint density at radius 3 is 2.81 bits per heavy atom. The second-order valence-corrected chi connectivity index (χ2v) is 3.82. The van der Waals surface area contributed by atoms with Crippen LogP contribution in [0.3, 0.4) is 0 Å². The predicted molar refractivity (Wildman–Crippen MR) is 64.8 cm³/mol. The van der Waals surface area contributed by atoms with Crippen LogP contribution < -0.4 is 10.6 Å². The molecule has 5 heteroatoms. The van der Waals surface area contributed by atoms with Gasteiger partial charge in [0.05, 0.1) is 18.5 Å². The van der Waals surface area contributed by atoms with Crippen LogP contribution in [0.2, 0.25) is 0 Å². The number of hydrogen-bond acceptors (Lipinski definition) is 4. The number of aliphatic hydroxyl groups excluding tert-OH is 1. The highest BCUT2D eigenvalue weighted by Gasteiger charge is 2.15. The topological polar surface area (TPSA) is 86.2 Å². The maximum absolute atomic E-state index is 9.03. The van der Waals surface area contributed by atoms with Crippen LogP contribution in [0.4, 0.5) is 5.69 Å². The highest BCUT2D eigenvalue weighted by molar-refractivity contribution is 6.00. The molecule has 0 aromatic carbocycles. The first kappa shape index (κ1) is 12.4. The van der Waals surface area contributed by atoms with Crippen molar-refractivity contribution in [2.75, 3.05) is 18.1 Å². The van der Waals surface area contributed by atoms with Gasteiger partial charge in [-0.15, -0.1) is 0 Å². The van der Waals surface area contributed by atoms with Gasteiger partial charge in [-0.1, -0.05) is 0 Å². The van der Waals surface area contributed by atoms with Crippen LogP contribution in [-0.2, 0) is 0 Å². The van der Waals surface area contributed by atoms with E-state index in [0.717, 1.165) is 5.69 Å². The van der Waals surface area contributed by atoms with Crippen molar-refractivity contribution in [2.45, 2.75) is 19.9 Å². The Bertz CT molecular complexity index is 365. The van der Waals surface area contributed by atoms with Crippen LogP contribution in [0.1, 0.15) is 19.4 Å². The lowest BCUT2D eigenvalue weighted by molar-refractivity contribution is 0.299. The minimum Gasteiger partial charge on any atom is -0.395 e. The molecule has 0 aliphatic carbocycles. The number of nitrogens with one attached hydrogen (secondary N) is 1. The lowest BCUT2D eigenvalue weighted by atomic mass is 10.1. The molecule has 0 fully saturated rings. The maximum Gasteiger partial charge on any atom is 0.125 e. The summed E-state index contributed by atoms with van der Waals surface area (Å²) in [5, 5.41) is 16.5. The molecular weight excluding hydrogens is 204 g/mol. The van der Waals surface area contributed by atoms with Gasteiger partial charge in [-0.05, 0) is 19.9 Å². The highest BCUT2D eigenvalue weighted by atomic mass is 16.3. The number of aromatic nitrogens is 1. The molecule has 0 atom stereocenters. The summed E-state index contributed by atoms with van der Waals surface area (Å²) in [6.07, 6.45) is 3.28. The van der Waals surface area contributed by atoms with Gasteiger partial charge in [-0.2, -0.15) is 0 Å². The molecular formula is C11H18N4O. The summed E-state index contributed by atoms with van der Waals surface area (Å²) in [4.78, 5) is 6.01. The molecule has 1 rings (SSSR count). The molecule has 0 amide bonds. The van der Waals surface area contributed by atoms with Gasteiger partial charge >= 0.3 is 0 Å². The number of pyridine rings is 1. The standard InChI is InChI=1S/C11H18N4O/c1-8(2)15(5-6-16)10-7-14-4-3-9(10)11(12)13/h3-4,7-8,16H,5-6H2,1-2H3,(H3,12,13). The van der Waals surface area contributed by atoms with Crippen molar-refractivity contribution >= 4 is 11.5 Å². The molecule has 0 saturated heterocycles. The molecule has 0 aliphatic heterocycles. The van der Waals surface area contributed by atoms with Gasteiger partial charge in [0.1, 0.15) is 5.84 Å². The maximum atomic E-state index is 9.03. The number of amidine groups is 1. The van der Waals surface area contributed by atoms with Crippen LogP contribution in [0.15, 0.2) is 18.5 Å². The number of rotatable bonds is 5. The van der Waals surface area contributed by atoms with Crippen molar-refractivity contribution in [3.63, 3.8) is 0 Å². The minimum absolute atomic E-state index is 0.0148. The summed E-state index contributed by atoms with van der Waals surface area (Å²) < 4.78 is 0. The third-order valence-electron chi connectivity index (χ3n) is 2.36. The van der Waals surface area contributed by atoms with Gasteiger partial charge in [-0.25, -0.2) is 0 Å². The molecule has 0 radical (unpaired) electrons. The summed E-state index contributed by atoms with van der Waals surface area (Å²) in [7, 11) is 0. The number of nitrogens with two attached hydrogens (primary N) is 1. The zero-order valence-electron chi connectivity index (χ0n) is 9.64. The number of nitrogens with zero attached hydrogens (tertiary/aromatic N) is 2. The van der Waals surface area contributed by atoms with E-state index in [9.17, 15) is 0 Å². The Morgan fingerprint density at radius 2 is 2.31 bits per heavy atom. The molecule has 0 bridgehead atoms. The monoisotopic (exact) mass is 222 g/mol. The van der Waals surface area contributed by atoms with E-state index in [-0.39, 0.29) is 18.5 Å². The Labute approximate surface area is 95.4 Å². The predicted octanol–water partition coefficient (Wildman–Crippen LogP) is 0.573. The van der Waals surface area contributed by atoms with Crippen LogP contribution in [0, 0.1) is 5.41 Å². The van der Waals surface area contributed by atoms with Crippen molar-refractivity contribution < 1.29 is 5.11 Å². The van der Waals surface area contributed by atoms with Gasteiger partial charge in [0.25, 0.3) is 0 Å². The van der Waals surface area contributed by atoms with Gasteiger partial charge < -0.3 is 15.7 Å². The molecule has 0 spiro atoms. The first-order valence-electron chi connectivity index (χ1n) is 5.23. The Balaban J connectivity index is 3.12. The van der Waals surface area contributed by atoms with Crippen molar-refractivity contribution in [1.29, 1.82) is 5.41 Å². The van der Waals surface area contributed by atoms with Crippen molar-refractivity contribution in [2.24, 2.45) is 5.73 Å². The number of anilines is 1. The summed E-state index contributed by atoms with van der Waals surface area (Å²) in [6, 6.07) is 1.93. The average Bonchev–Trinajstić information content (AvgIpc) is 2.25. The Kier molecular flexibility index (Phi) is 4.25. The SMILES string of the molecule is CC(C)N(CCO)c1cnccc1C(=N)N. The van der Waals surface area contributed by atoms with E-state index < -0.39 is 0 Å². The Hall–Kier alpha value is -1.62. The average molecular weight is 222 g/mol. The number of hydrogen-bond donors (Lipinski definition) is 3. The van der Waals surface area contributed by atoms with E-state index in [4.69, 9.17) is 16.2 Å². The van der Waals surface area contributed by atoms with Crippen LogP contribution in [0.25, 0.3) is 0 Å². The fourth-order valence-corrected chi connectivity index (χ4v) is 1.61. The molecule has 88 valence electrons. The third-order valence-corrected chi connectivity index (χ3v) is 2.36. The number of nitrogen functional groups attached to an aromatic ring is 1. The van der Waals surface area contributed by atoms with Crippen molar-refractivity contribution in [3.05, 3.63) is 24.0 Å². The van der Waals surface area contributed by atoms with Crippen LogP contribution >= 0.6 is 0 Å². The minimum atomic E-state index is 0.0148. The smallest absolute Gasteiger partial charge is 0.125 e. The quantitative estimate of drug-likeness (QED) is 0.502. The highest BCUT2D eigenvalue weighted by Crippen LogP contribution is 2.20. The molecule has 0 unspecified atom stereocenters. The first-order valence-corrected chi connectivity index (χ1v) is 5.23. The van der Waals surface area contributed by atoms with E-state index >= 15 is 0 Å². The fourth-order valence-electron chi connectivity index (χ4n) is 1.61. The molecule has 16 heavy (non-hydrogen) atoms. The lowest BCUT2D eigenvalue weighted by Gasteiger charge is -2.29. The van der Waals surface area contributed by atoms with Gasteiger partial charge in [0.2, 0.25) is 0 Å². The summed E-state index contributed by atoms with van der Waals surface area (Å²) in [6.45, 7) is 4.60. The molecule has 0 saturated carbocycles. The lowest BCUT2D eigenvalue weighted by Crippen LogP contribution is -2.35. The Morgan fingerprint density at radius 1 is 1.62 bits per heavy atom. The molecule has 1 heterocycles. The summed E-state index contributed by atoms with van der Waals surface area (Å²) >= 11 is 0. The van der Waals surface area contributed by atoms with Gasteiger partial charge in [-0.3, -0.25) is 10.4 Å². The molecule has 5 nitrogen and oxygen atoms in total. The normalized spacial score (nSPS) is 10.5. The fraction of sp³-hybridized carbons (Fsp3) is 0.455. The zero-order valence-corrected chi connectivity index (χ0v) is 9.64. The van der Waals surface area contributed by atoms with E-state index in [2.05, 4.69) is 4.98 Å². The summed E-state index contributed by atoms with van der Waals surface area (Å²) in [5.41, 5.74) is 6.96. The number of aliphatic hydroxyl groups is 1. The second kappa shape index (κ2) is 5.46. The molecule has 1 aromatic rings.